The van der Waals surface area contributed by atoms with Crippen molar-refractivity contribution in [1.29, 1.82) is 0 Å². The Kier molecular flexibility index (Phi) is 3.66. The minimum absolute atomic E-state index is 0.243. The molecule has 0 aliphatic rings. The predicted octanol–water partition coefficient (Wildman–Crippen LogP) is 2.47. The molecule has 2 nitrogen and oxygen atoms in total. The third-order valence-electron chi connectivity index (χ3n) is 1.45. The lowest BCUT2D eigenvalue weighted by Crippen LogP contribution is -1.96. The number of rotatable bonds is 3. The Bertz CT molecular complexity index is 328. The van der Waals surface area contributed by atoms with Gasteiger partial charge in [0.1, 0.15) is 6.61 Å². The largest absolute Gasteiger partial charge is 0.492 e. The quantitative estimate of drug-likeness (QED) is 0.757. The van der Waals surface area contributed by atoms with Crippen LogP contribution >= 0.6 is 15.9 Å². The molecule has 0 atom stereocenters. The number of hydrogen-bond donors (Lipinski definition) is 0. The van der Waals surface area contributed by atoms with Gasteiger partial charge in [-0.2, -0.15) is 0 Å². The van der Waals surface area contributed by atoms with E-state index < -0.39 is 0 Å². The maximum absolute atomic E-state index is 5.27. The summed E-state index contributed by atoms with van der Waals surface area (Å²) in [5.74, 6) is 3.71. The molecule has 13 heavy (non-hydrogen) atoms. The Labute approximate surface area is 86.0 Å². The third kappa shape index (κ3) is 2.40. The highest BCUT2D eigenvalue weighted by atomic mass is 79.9. The number of ether oxygens (including phenoxy) is 2. The van der Waals surface area contributed by atoms with E-state index in [2.05, 4.69) is 21.9 Å². The molecule has 0 saturated carbocycles. The number of benzene rings is 1. The van der Waals surface area contributed by atoms with Gasteiger partial charge in [-0.1, -0.05) is 12.0 Å². The minimum atomic E-state index is 0.243. The molecule has 0 heterocycles. The second-order valence-electron chi connectivity index (χ2n) is 2.26. The van der Waals surface area contributed by atoms with Crippen LogP contribution < -0.4 is 9.47 Å². The van der Waals surface area contributed by atoms with E-state index in [1.807, 2.05) is 12.1 Å². The van der Waals surface area contributed by atoms with Crippen LogP contribution in [0.3, 0.4) is 0 Å². The minimum Gasteiger partial charge on any atom is -0.492 e. The van der Waals surface area contributed by atoms with Gasteiger partial charge in [0.25, 0.3) is 0 Å². The summed E-state index contributed by atoms with van der Waals surface area (Å²) >= 11 is 3.34. The lowest BCUT2D eigenvalue weighted by atomic mass is 10.3. The van der Waals surface area contributed by atoms with Gasteiger partial charge in [-0.05, 0) is 28.1 Å². The van der Waals surface area contributed by atoms with E-state index in [-0.39, 0.29) is 6.61 Å². The first-order valence-electron chi connectivity index (χ1n) is 3.68. The monoisotopic (exact) mass is 240 g/mol. The van der Waals surface area contributed by atoms with Gasteiger partial charge < -0.3 is 9.47 Å². The molecule has 0 aliphatic carbocycles. The van der Waals surface area contributed by atoms with Gasteiger partial charge in [-0.15, -0.1) is 6.42 Å². The van der Waals surface area contributed by atoms with E-state index in [9.17, 15) is 0 Å². The average molecular weight is 241 g/mol. The molecule has 0 aliphatic heterocycles. The number of para-hydroxylation sites is 1. The molecule has 0 fully saturated rings. The molecular weight excluding hydrogens is 232 g/mol. The standard InChI is InChI=1S/C10H9BrO2/c1-3-7-13-9-6-4-5-8(11)10(9)12-2/h1,4-6H,7H2,2H3. The summed E-state index contributed by atoms with van der Waals surface area (Å²) in [5.41, 5.74) is 0. The summed E-state index contributed by atoms with van der Waals surface area (Å²) in [6.45, 7) is 0.243. The molecule has 0 aromatic heterocycles. The Balaban J connectivity index is 2.93. The van der Waals surface area contributed by atoms with Crippen LogP contribution in [-0.4, -0.2) is 13.7 Å². The highest BCUT2D eigenvalue weighted by Crippen LogP contribution is 2.34. The third-order valence-corrected chi connectivity index (χ3v) is 2.07. The van der Waals surface area contributed by atoms with E-state index in [0.29, 0.717) is 11.5 Å². The van der Waals surface area contributed by atoms with E-state index in [4.69, 9.17) is 15.9 Å². The maximum Gasteiger partial charge on any atom is 0.174 e. The molecule has 0 spiro atoms. The van der Waals surface area contributed by atoms with Crippen molar-refractivity contribution in [2.75, 3.05) is 13.7 Å². The van der Waals surface area contributed by atoms with Crippen LogP contribution in [0.2, 0.25) is 0 Å². The second kappa shape index (κ2) is 4.78. The van der Waals surface area contributed by atoms with E-state index in [1.165, 1.54) is 0 Å². The fraction of sp³-hybridized carbons (Fsp3) is 0.200. The Morgan fingerprint density at radius 3 is 2.92 bits per heavy atom. The van der Waals surface area contributed by atoms with Gasteiger partial charge in [-0.25, -0.2) is 0 Å². The molecular formula is C10H9BrO2. The molecule has 0 amide bonds. The van der Waals surface area contributed by atoms with E-state index in [0.717, 1.165) is 4.47 Å². The van der Waals surface area contributed by atoms with Crippen molar-refractivity contribution in [2.45, 2.75) is 0 Å². The SMILES string of the molecule is C#CCOc1cccc(Br)c1OC. The zero-order chi connectivity index (χ0) is 9.68. The van der Waals surface area contributed by atoms with Crippen molar-refractivity contribution in [3.63, 3.8) is 0 Å². The predicted molar refractivity (Wildman–Crippen MR) is 55.0 cm³/mol. The van der Waals surface area contributed by atoms with Crippen molar-refractivity contribution >= 4 is 15.9 Å². The normalized spacial score (nSPS) is 9.00. The summed E-state index contributed by atoms with van der Waals surface area (Å²) in [6.07, 6.45) is 5.08. The average Bonchev–Trinajstić information content (AvgIpc) is 2.15. The first-order valence-corrected chi connectivity index (χ1v) is 4.47. The molecule has 0 unspecified atom stereocenters. The topological polar surface area (TPSA) is 18.5 Å². The van der Waals surface area contributed by atoms with Crippen molar-refractivity contribution in [1.82, 2.24) is 0 Å². The smallest absolute Gasteiger partial charge is 0.174 e. The highest BCUT2D eigenvalue weighted by Gasteiger charge is 2.06. The molecule has 0 radical (unpaired) electrons. The lowest BCUT2D eigenvalue weighted by Gasteiger charge is -2.09. The molecule has 68 valence electrons. The highest BCUT2D eigenvalue weighted by molar-refractivity contribution is 9.10. The van der Waals surface area contributed by atoms with Crippen LogP contribution in [0.1, 0.15) is 0 Å². The zero-order valence-electron chi connectivity index (χ0n) is 7.21. The van der Waals surface area contributed by atoms with E-state index in [1.54, 1.807) is 13.2 Å². The van der Waals surface area contributed by atoms with Gasteiger partial charge in [-0.3, -0.25) is 0 Å². The fourth-order valence-electron chi connectivity index (χ4n) is 0.920. The van der Waals surface area contributed by atoms with Gasteiger partial charge in [0, 0.05) is 0 Å². The number of methoxy groups -OCH3 is 1. The van der Waals surface area contributed by atoms with Crippen molar-refractivity contribution in [2.24, 2.45) is 0 Å². The van der Waals surface area contributed by atoms with Gasteiger partial charge in [0.15, 0.2) is 11.5 Å². The summed E-state index contributed by atoms with van der Waals surface area (Å²) in [4.78, 5) is 0. The van der Waals surface area contributed by atoms with Crippen molar-refractivity contribution in [3.8, 4) is 23.8 Å². The maximum atomic E-state index is 5.27. The first kappa shape index (κ1) is 9.94. The Morgan fingerprint density at radius 1 is 1.54 bits per heavy atom. The Hall–Kier alpha value is -1.14. The van der Waals surface area contributed by atoms with Crippen LogP contribution in [-0.2, 0) is 0 Å². The number of hydrogen-bond acceptors (Lipinski definition) is 2. The van der Waals surface area contributed by atoms with Crippen LogP contribution in [0, 0.1) is 12.3 Å². The van der Waals surface area contributed by atoms with E-state index >= 15 is 0 Å². The number of terminal acetylenes is 1. The fourth-order valence-corrected chi connectivity index (χ4v) is 1.43. The van der Waals surface area contributed by atoms with Gasteiger partial charge in [0.05, 0.1) is 11.6 Å². The lowest BCUT2D eigenvalue weighted by molar-refractivity contribution is 0.329. The second-order valence-corrected chi connectivity index (χ2v) is 3.12. The zero-order valence-corrected chi connectivity index (χ0v) is 8.80. The first-order chi connectivity index (χ1) is 6.29. The van der Waals surface area contributed by atoms with Crippen LogP contribution in [0.15, 0.2) is 22.7 Å². The van der Waals surface area contributed by atoms with Crippen LogP contribution in [0.4, 0.5) is 0 Å². The molecule has 1 aromatic rings. The molecule has 0 N–H and O–H groups in total. The summed E-state index contributed by atoms with van der Waals surface area (Å²) in [5, 5.41) is 0. The summed E-state index contributed by atoms with van der Waals surface area (Å²) in [6, 6.07) is 5.54. The molecule has 0 saturated heterocycles. The van der Waals surface area contributed by atoms with Gasteiger partial charge >= 0.3 is 0 Å². The summed E-state index contributed by atoms with van der Waals surface area (Å²) in [7, 11) is 1.59. The molecule has 3 heteroatoms. The van der Waals surface area contributed by atoms with Crippen LogP contribution in [0.5, 0.6) is 11.5 Å². The Morgan fingerprint density at radius 2 is 2.31 bits per heavy atom. The molecule has 1 aromatic carbocycles. The summed E-state index contributed by atoms with van der Waals surface area (Å²) < 4.78 is 11.3. The van der Waals surface area contributed by atoms with Crippen molar-refractivity contribution in [3.05, 3.63) is 22.7 Å². The van der Waals surface area contributed by atoms with Gasteiger partial charge in [0.2, 0.25) is 0 Å². The van der Waals surface area contributed by atoms with Crippen LogP contribution in [0.25, 0.3) is 0 Å². The number of halogens is 1. The molecule has 0 bridgehead atoms. The molecule has 1 rings (SSSR count). The van der Waals surface area contributed by atoms with Crippen molar-refractivity contribution < 1.29 is 9.47 Å².